The van der Waals surface area contributed by atoms with E-state index < -0.39 is 0 Å². The van der Waals surface area contributed by atoms with Gasteiger partial charge >= 0.3 is 0 Å². The van der Waals surface area contributed by atoms with Crippen LogP contribution >= 0.6 is 12.4 Å². The van der Waals surface area contributed by atoms with Gasteiger partial charge in [-0.05, 0) is 25.1 Å². The number of hydrogen-bond donors (Lipinski definition) is 1. The van der Waals surface area contributed by atoms with Gasteiger partial charge in [-0.3, -0.25) is 4.79 Å². The number of amides is 1. The van der Waals surface area contributed by atoms with E-state index >= 15 is 0 Å². The molecule has 1 heterocycles. The zero-order valence-corrected chi connectivity index (χ0v) is 10.7. The monoisotopic (exact) mass is 274 g/mol. The third kappa shape index (κ3) is 3.11. The van der Waals surface area contributed by atoms with Crippen LogP contribution in [0.4, 0.5) is 10.1 Å². The summed E-state index contributed by atoms with van der Waals surface area (Å²) in [5.74, 6) is 0.0731. The van der Waals surface area contributed by atoms with Crippen molar-refractivity contribution in [2.45, 2.75) is 12.8 Å². The number of carbonyl (C=O) groups excluding carboxylic acids is 1. The van der Waals surface area contributed by atoms with Gasteiger partial charge in [-0.25, -0.2) is 4.39 Å². The summed E-state index contributed by atoms with van der Waals surface area (Å²) in [4.78, 5) is 13.6. The van der Waals surface area contributed by atoms with Gasteiger partial charge in [0.2, 0.25) is 5.91 Å². The third-order valence-electron chi connectivity index (χ3n) is 2.68. The van der Waals surface area contributed by atoms with E-state index in [0.29, 0.717) is 44.0 Å². The molecule has 2 N–H and O–H groups in total. The van der Waals surface area contributed by atoms with Crippen molar-refractivity contribution >= 4 is 24.0 Å². The van der Waals surface area contributed by atoms with Crippen molar-refractivity contribution in [2.24, 2.45) is 5.73 Å². The Balaban J connectivity index is 0.00000162. The first-order valence-electron chi connectivity index (χ1n) is 5.65. The maximum Gasteiger partial charge on any atom is 0.227 e. The van der Waals surface area contributed by atoms with Crippen LogP contribution in [0.2, 0.25) is 0 Å². The Kier molecular flexibility index (Phi) is 5.37. The fourth-order valence-corrected chi connectivity index (χ4v) is 1.84. The average Bonchev–Trinajstić information content (AvgIpc) is 2.34. The van der Waals surface area contributed by atoms with Crippen molar-refractivity contribution in [3.05, 3.63) is 24.0 Å². The molecule has 0 atom stereocenters. The second kappa shape index (κ2) is 6.56. The highest BCUT2D eigenvalue weighted by Crippen LogP contribution is 2.32. The molecule has 1 aliphatic heterocycles. The number of halogens is 2. The number of nitrogens with two attached hydrogens (primary N) is 1. The van der Waals surface area contributed by atoms with E-state index in [1.165, 1.54) is 12.1 Å². The van der Waals surface area contributed by atoms with E-state index in [4.69, 9.17) is 10.5 Å². The number of nitrogens with zero attached hydrogens (tertiary/aromatic N) is 1. The molecular weight excluding hydrogens is 259 g/mol. The van der Waals surface area contributed by atoms with Crippen LogP contribution in [-0.2, 0) is 4.79 Å². The van der Waals surface area contributed by atoms with Crippen molar-refractivity contribution < 1.29 is 13.9 Å². The number of rotatable bonds is 3. The predicted molar refractivity (Wildman–Crippen MR) is 69.8 cm³/mol. The van der Waals surface area contributed by atoms with Gasteiger partial charge in [0.1, 0.15) is 18.2 Å². The molecule has 0 unspecified atom stereocenters. The van der Waals surface area contributed by atoms with E-state index in [9.17, 15) is 9.18 Å². The SMILES string of the molecule is Cl.NCCCC(=O)N1CCOc2cc(F)ccc21. The number of ether oxygens (including phenoxy) is 1. The summed E-state index contributed by atoms with van der Waals surface area (Å²) in [6.45, 7) is 1.39. The standard InChI is InChI=1S/C12H15FN2O2.ClH/c13-9-3-4-10-11(8-9)17-7-6-15(10)12(16)2-1-5-14;/h3-4,8H,1-2,5-7,14H2;1H. The molecular formula is C12H16ClFN2O2. The van der Waals surface area contributed by atoms with Gasteiger partial charge in [-0.1, -0.05) is 0 Å². The van der Waals surface area contributed by atoms with Crippen LogP contribution in [0.3, 0.4) is 0 Å². The van der Waals surface area contributed by atoms with Crippen molar-refractivity contribution in [3.63, 3.8) is 0 Å². The number of fused-ring (bicyclic) bond motifs is 1. The molecule has 100 valence electrons. The Morgan fingerprint density at radius 3 is 3.00 bits per heavy atom. The van der Waals surface area contributed by atoms with Crippen molar-refractivity contribution in [3.8, 4) is 5.75 Å². The number of carbonyl (C=O) groups is 1. The summed E-state index contributed by atoms with van der Waals surface area (Å²) in [6.07, 6.45) is 1.07. The van der Waals surface area contributed by atoms with Gasteiger partial charge in [0, 0.05) is 12.5 Å². The molecule has 0 radical (unpaired) electrons. The minimum absolute atomic E-state index is 0. The molecule has 1 aliphatic rings. The Labute approximate surface area is 111 Å². The molecule has 2 rings (SSSR count). The highest BCUT2D eigenvalue weighted by atomic mass is 35.5. The molecule has 6 heteroatoms. The number of anilines is 1. The molecule has 0 aliphatic carbocycles. The molecule has 0 spiro atoms. The van der Waals surface area contributed by atoms with Crippen LogP contribution < -0.4 is 15.4 Å². The minimum atomic E-state index is -0.361. The molecule has 0 saturated heterocycles. The van der Waals surface area contributed by atoms with Gasteiger partial charge in [0.05, 0.1) is 12.2 Å². The quantitative estimate of drug-likeness (QED) is 0.913. The first kappa shape index (κ1) is 14.7. The topological polar surface area (TPSA) is 55.6 Å². The van der Waals surface area contributed by atoms with Crippen LogP contribution in [-0.4, -0.2) is 25.6 Å². The lowest BCUT2D eigenvalue weighted by Gasteiger charge is -2.29. The largest absolute Gasteiger partial charge is 0.489 e. The normalized spacial score (nSPS) is 13.3. The maximum atomic E-state index is 13.0. The lowest BCUT2D eigenvalue weighted by Crippen LogP contribution is -2.38. The van der Waals surface area contributed by atoms with Crippen LogP contribution in [0.25, 0.3) is 0 Å². The third-order valence-corrected chi connectivity index (χ3v) is 2.68. The highest BCUT2D eigenvalue weighted by Gasteiger charge is 2.23. The highest BCUT2D eigenvalue weighted by molar-refractivity contribution is 5.95. The van der Waals surface area contributed by atoms with E-state index in [1.54, 1.807) is 11.0 Å². The Bertz CT molecular complexity index is 429. The zero-order chi connectivity index (χ0) is 12.3. The Hall–Kier alpha value is -1.33. The van der Waals surface area contributed by atoms with Crippen LogP contribution in [0.5, 0.6) is 5.75 Å². The fourth-order valence-electron chi connectivity index (χ4n) is 1.84. The predicted octanol–water partition coefficient (Wildman–Crippen LogP) is 1.71. The molecule has 1 aromatic rings. The zero-order valence-electron chi connectivity index (χ0n) is 9.89. The van der Waals surface area contributed by atoms with Gasteiger partial charge < -0.3 is 15.4 Å². The van der Waals surface area contributed by atoms with Crippen LogP contribution in [0.1, 0.15) is 12.8 Å². The average molecular weight is 275 g/mol. The van der Waals surface area contributed by atoms with E-state index in [1.807, 2.05) is 0 Å². The Morgan fingerprint density at radius 1 is 1.50 bits per heavy atom. The van der Waals surface area contributed by atoms with Gasteiger partial charge in [0.25, 0.3) is 0 Å². The van der Waals surface area contributed by atoms with Crippen molar-refractivity contribution in [2.75, 3.05) is 24.6 Å². The molecule has 1 amide bonds. The lowest BCUT2D eigenvalue weighted by molar-refractivity contribution is -0.118. The summed E-state index contributed by atoms with van der Waals surface area (Å²) >= 11 is 0. The molecule has 0 saturated carbocycles. The summed E-state index contributed by atoms with van der Waals surface area (Å²) in [7, 11) is 0. The van der Waals surface area contributed by atoms with Crippen LogP contribution in [0, 0.1) is 5.82 Å². The van der Waals surface area contributed by atoms with Gasteiger partial charge in [-0.15, -0.1) is 12.4 Å². The summed E-state index contributed by atoms with van der Waals surface area (Å²) in [5.41, 5.74) is 6.01. The lowest BCUT2D eigenvalue weighted by atomic mass is 10.2. The number of benzene rings is 1. The molecule has 4 nitrogen and oxygen atoms in total. The molecule has 1 aromatic carbocycles. The molecule has 0 fully saturated rings. The first-order chi connectivity index (χ1) is 8.22. The van der Waals surface area contributed by atoms with E-state index in [0.717, 1.165) is 0 Å². The molecule has 18 heavy (non-hydrogen) atoms. The van der Waals surface area contributed by atoms with E-state index in [2.05, 4.69) is 0 Å². The smallest absolute Gasteiger partial charge is 0.227 e. The van der Waals surface area contributed by atoms with Crippen LogP contribution in [0.15, 0.2) is 18.2 Å². The first-order valence-corrected chi connectivity index (χ1v) is 5.65. The molecule has 0 bridgehead atoms. The van der Waals surface area contributed by atoms with Gasteiger partial charge in [-0.2, -0.15) is 0 Å². The maximum absolute atomic E-state index is 13.0. The minimum Gasteiger partial charge on any atom is -0.489 e. The summed E-state index contributed by atoms with van der Waals surface area (Å²) in [5, 5.41) is 0. The second-order valence-electron chi connectivity index (χ2n) is 3.90. The van der Waals surface area contributed by atoms with Crippen molar-refractivity contribution in [1.29, 1.82) is 0 Å². The van der Waals surface area contributed by atoms with E-state index in [-0.39, 0.29) is 24.1 Å². The second-order valence-corrected chi connectivity index (χ2v) is 3.90. The summed E-state index contributed by atoms with van der Waals surface area (Å²) < 4.78 is 18.4. The van der Waals surface area contributed by atoms with Gasteiger partial charge in [0.15, 0.2) is 0 Å². The fraction of sp³-hybridized carbons (Fsp3) is 0.417. The molecule has 0 aromatic heterocycles. The van der Waals surface area contributed by atoms with Crippen molar-refractivity contribution in [1.82, 2.24) is 0 Å². The Morgan fingerprint density at radius 2 is 2.28 bits per heavy atom. The number of hydrogen-bond acceptors (Lipinski definition) is 3. The summed E-state index contributed by atoms with van der Waals surface area (Å²) in [6, 6.07) is 4.21.